The maximum atomic E-state index is 14.0. The average Bonchev–Trinajstić information content (AvgIpc) is 3.01. The Kier molecular flexibility index (Phi) is 3.61. The minimum absolute atomic E-state index is 0.189. The zero-order valence-corrected chi connectivity index (χ0v) is 12.8. The van der Waals surface area contributed by atoms with Crippen molar-refractivity contribution in [1.29, 1.82) is 0 Å². The van der Waals surface area contributed by atoms with E-state index in [2.05, 4.69) is 25.6 Å². The highest BCUT2D eigenvalue weighted by Gasteiger charge is 2.41. The van der Waals surface area contributed by atoms with Crippen LogP contribution >= 0.6 is 0 Å². The summed E-state index contributed by atoms with van der Waals surface area (Å²) in [4.78, 5) is 12.9. The Hall–Kier alpha value is -2.61. The molecule has 2 N–H and O–H groups in total. The van der Waals surface area contributed by atoms with Gasteiger partial charge in [0.25, 0.3) is 5.92 Å². The summed E-state index contributed by atoms with van der Waals surface area (Å²) in [7, 11) is 0. The molecule has 0 spiro atoms. The normalized spacial score (nSPS) is 20.2. The van der Waals surface area contributed by atoms with Crippen molar-refractivity contribution in [2.75, 3.05) is 18.4 Å². The lowest BCUT2D eigenvalue weighted by molar-refractivity contribution is -0.0384. The molecule has 0 aliphatic carbocycles. The fraction of sp³-hybridized carbons (Fsp3) is 0.312. The van der Waals surface area contributed by atoms with Gasteiger partial charge < -0.3 is 10.6 Å². The molecule has 1 atom stereocenters. The van der Waals surface area contributed by atoms with Gasteiger partial charge in [-0.1, -0.05) is 6.07 Å². The first-order valence-corrected chi connectivity index (χ1v) is 7.73. The number of anilines is 1. The van der Waals surface area contributed by atoms with E-state index in [-0.39, 0.29) is 13.0 Å². The molecule has 4 heterocycles. The molecule has 1 unspecified atom stereocenters. The summed E-state index contributed by atoms with van der Waals surface area (Å²) in [5, 5.41) is 5.78. The van der Waals surface area contributed by atoms with Crippen LogP contribution in [-0.2, 0) is 0 Å². The van der Waals surface area contributed by atoms with Crippen molar-refractivity contribution in [2.45, 2.75) is 18.4 Å². The van der Waals surface area contributed by atoms with E-state index in [1.165, 1.54) is 6.20 Å². The second-order valence-electron chi connectivity index (χ2n) is 5.77. The maximum Gasteiger partial charge on any atom is 0.270 e. The van der Waals surface area contributed by atoms with E-state index < -0.39 is 12.0 Å². The Morgan fingerprint density at radius 2 is 2.17 bits per heavy atom. The molecule has 8 heteroatoms. The van der Waals surface area contributed by atoms with Crippen LogP contribution in [0.15, 0.2) is 43.0 Å². The molecule has 6 nitrogen and oxygen atoms in total. The Labute approximate surface area is 137 Å². The molecular formula is C16H16F2N6. The second kappa shape index (κ2) is 5.79. The van der Waals surface area contributed by atoms with Gasteiger partial charge in [-0.2, -0.15) is 0 Å². The average molecular weight is 330 g/mol. The number of hydrogen-bond acceptors (Lipinski definition) is 5. The first-order valence-electron chi connectivity index (χ1n) is 7.73. The standard InChI is InChI=1S/C16H16F2N6/c17-16(18)4-5-19-9-13(16)23-14-10-20-7-11(22-14)12-8-21-15-3-1-2-6-24(12)15/h1-3,6-8,10,13,19H,4-5,9H2,(H,22,23). The summed E-state index contributed by atoms with van der Waals surface area (Å²) in [6.07, 6.45) is 6.43. The SMILES string of the molecule is FC1(F)CCNCC1Nc1cncc(-c2cnc3ccccn23)n1. The molecule has 0 bridgehead atoms. The summed E-state index contributed by atoms with van der Waals surface area (Å²) < 4.78 is 29.8. The number of piperidine rings is 1. The molecule has 1 saturated heterocycles. The Morgan fingerprint density at radius 1 is 1.25 bits per heavy atom. The van der Waals surface area contributed by atoms with Crippen LogP contribution in [0.5, 0.6) is 0 Å². The maximum absolute atomic E-state index is 14.0. The van der Waals surface area contributed by atoms with E-state index in [0.29, 0.717) is 18.1 Å². The van der Waals surface area contributed by atoms with Gasteiger partial charge in [0, 0.05) is 25.7 Å². The summed E-state index contributed by atoms with van der Waals surface area (Å²) in [6, 6.07) is 4.67. The highest BCUT2D eigenvalue weighted by Crippen LogP contribution is 2.28. The van der Waals surface area contributed by atoms with Gasteiger partial charge >= 0.3 is 0 Å². The van der Waals surface area contributed by atoms with Crippen LogP contribution in [0.4, 0.5) is 14.6 Å². The van der Waals surface area contributed by atoms with Crippen LogP contribution in [0, 0.1) is 0 Å². The predicted molar refractivity (Wildman–Crippen MR) is 86.1 cm³/mol. The highest BCUT2D eigenvalue weighted by atomic mass is 19.3. The lowest BCUT2D eigenvalue weighted by atomic mass is 10.0. The molecule has 0 radical (unpaired) electrons. The van der Waals surface area contributed by atoms with Crippen molar-refractivity contribution in [3.63, 3.8) is 0 Å². The molecule has 1 aliphatic rings. The number of pyridine rings is 1. The second-order valence-corrected chi connectivity index (χ2v) is 5.77. The van der Waals surface area contributed by atoms with E-state index in [4.69, 9.17) is 0 Å². The molecule has 0 saturated carbocycles. The van der Waals surface area contributed by atoms with Crippen LogP contribution in [-0.4, -0.2) is 44.4 Å². The number of hydrogen-bond donors (Lipinski definition) is 2. The lowest BCUT2D eigenvalue weighted by Crippen LogP contribution is -2.52. The van der Waals surface area contributed by atoms with E-state index in [1.54, 1.807) is 12.4 Å². The number of halogens is 2. The third kappa shape index (κ3) is 2.69. The number of rotatable bonds is 3. The van der Waals surface area contributed by atoms with Gasteiger partial charge in [0.05, 0.1) is 24.3 Å². The fourth-order valence-corrected chi connectivity index (χ4v) is 2.84. The Bertz CT molecular complexity index is 862. The van der Waals surface area contributed by atoms with E-state index in [9.17, 15) is 8.78 Å². The molecule has 0 aromatic carbocycles. The Balaban J connectivity index is 1.64. The summed E-state index contributed by atoms with van der Waals surface area (Å²) >= 11 is 0. The first-order chi connectivity index (χ1) is 11.6. The van der Waals surface area contributed by atoms with Crippen LogP contribution in [0.25, 0.3) is 17.0 Å². The van der Waals surface area contributed by atoms with Crippen LogP contribution < -0.4 is 10.6 Å². The van der Waals surface area contributed by atoms with Crippen molar-refractivity contribution < 1.29 is 8.78 Å². The van der Waals surface area contributed by atoms with Gasteiger partial charge in [0.2, 0.25) is 0 Å². The van der Waals surface area contributed by atoms with Crippen LogP contribution in [0.2, 0.25) is 0 Å². The van der Waals surface area contributed by atoms with Crippen LogP contribution in [0.3, 0.4) is 0 Å². The van der Waals surface area contributed by atoms with Crippen molar-refractivity contribution >= 4 is 11.5 Å². The highest BCUT2D eigenvalue weighted by molar-refractivity contribution is 5.60. The minimum Gasteiger partial charge on any atom is -0.359 e. The van der Waals surface area contributed by atoms with Gasteiger partial charge in [-0.3, -0.25) is 9.38 Å². The minimum atomic E-state index is -2.77. The zero-order chi connectivity index (χ0) is 16.6. The largest absolute Gasteiger partial charge is 0.359 e. The monoisotopic (exact) mass is 330 g/mol. The van der Waals surface area contributed by atoms with Crippen LogP contribution in [0.1, 0.15) is 6.42 Å². The molecular weight excluding hydrogens is 314 g/mol. The topological polar surface area (TPSA) is 67.1 Å². The van der Waals surface area contributed by atoms with E-state index >= 15 is 0 Å². The number of aromatic nitrogens is 4. The first kappa shape index (κ1) is 14.9. The summed E-state index contributed by atoms with van der Waals surface area (Å²) in [5.41, 5.74) is 2.12. The molecule has 3 aromatic heterocycles. The number of nitrogens with one attached hydrogen (secondary N) is 2. The molecule has 124 valence electrons. The van der Waals surface area contributed by atoms with Crippen molar-refractivity contribution in [3.8, 4) is 11.4 Å². The Morgan fingerprint density at radius 3 is 3.04 bits per heavy atom. The third-order valence-corrected chi connectivity index (χ3v) is 4.13. The molecule has 3 aromatic rings. The number of fused-ring (bicyclic) bond motifs is 1. The molecule has 0 amide bonds. The summed E-state index contributed by atoms with van der Waals surface area (Å²) in [6.45, 7) is 0.507. The smallest absolute Gasteiger partial charge is 0.270 e. The van der Waals surface area contributed by atoms with Crippen molar-refractivity contribution in [3.05, 3.63) is 43.0 Å². The zero-order valence-electron chi connectivity index (χ0n) is 12.8. The van der Waals surface area contributed by atoms with Gasteiger partial charge in [-0.05, 0) is 12.1 Å². The third-order valence-electron chi connectivity index (χ3n) is 4.13. The van der Waals surface area contributed by atoms with E-state index in [1.807, 2.05) is 28.8 Å². The fourth-order valence-electron chi connectivity index (χ4n) is 2.84. The summed E-state index contributed by atoms with van der Waals surface area (Å²) in [5.74, 6) is -2.45. The number of imidazole rings is 1. The van der Waals surface area contributed by atoms with Gasteiger partial charge in [-0.15, -0.1) is 0 Å². The van der Waals surface area contributed by atoms with Gasteiger partial charge in [0.15, 0.2) is 0 Å². The molecule has 4 rings (SSSR count). The van der Waals surface area contributed by atoms with Gasteiger partial charge in [0.1, 0.15) is 23.2 Å². The van der Waals surface area contributed by atoms with E-state index in [0.717, 1.165) is 11.3 Å². The van der Waals surface area contributed by atoms with Crippen molar-refractivity contribution in [2.24, 2.45) is 0 Å². The predicted octanol–water partition coefficient (Wildman–Crippen LogP) is 2.20. The number of alkyl halides is 2. The van der Waals surface area contributed by atoms with Gasteiger partial charge in [-0.25, -0.2) is 18.7 Å². The quantitative estimate of drug-likeness (QED) is 0.771. The molecule has 24 heavy (non-hydrogen) atoms. The molecule has 1 fully saturated rings. The molecule has 1 aliphatic heterocycles. The lowest BCUT2D eigenvalue weighted by Gasteiger charge is -2.32. The number of nitrogens with zero attached hydrogens (tertiary/aromatic N) is 4. The van der Waals surface area contributed by atoms with Crippen molar-refractivity contribution in [1.82, 2.24) is 24.7 Å².